The Morgan fingerprint density at radius 3 is 1.61 bits per heavy atom. The fourth-order valence-electron chi connectivity index (χ4n) is 2.72. The third-order valence-corrected chi connectivity index (χ3v) is 8.84. The molecule has 28 heavy (non-hydrogen) atoms. The van der Waals surface area contributed by atoms with Crippen molar-refractivity contribution in [3.63, 3.8) is 0 Å². The Hall–Kier alpha value is -2.29. The molecule has 0 atom stereocenters. The van der Waals surface area contributed by atoms with E-state index >= 15 is 0 Å². The summed E-state index contributed by atoms with van der Waals surface area (Å²) in [5.74, 6) is 0. The van der Waals surface area contributed by atoms with Gasteiger partial charge in [-0.05, 0) is 59.2 Å². The van der Waals surface area contributed by atoms with Gasteiger partial charge in [0.25, 0.3) is 0 Å². The topological polar surface area (TPSA) is 43.4 Å². The molecule has 0 fully saturated rings. The van der Waals surface area contributed by atoms with E-state index in [4.69, 9.17) is 3.63 Å². The summed E-state index contributed by atoms with van der Waals surface area (Å²) in [7, 11) is -9.08. The Labute approximate surface area is 163 Å². The second-order valence-electron chi connectivity index (χ2n) is 5.97. The molecule has 0 saturated carbocycles. The Morgan fingerprint density at radius 1 is 0.714 bits per heavy atom. The summed E-state index contributed by atoms with van der Waals surface area (Å²) in [6, 6.07) is 23.0. The van der Waals surface area contributed by atoms with Crippen LogP contribution >= 0.6 is 10.3 Å². The van der Waals surface area contributed by atoms with Crippen molar-refractivity contribution in [2.45, 2.75) is 27.1 Å². The molecule has 0 unspecified atom stereocenters. The van der Waals surface area contributed by atoms with Crippen LogP contribution in [0, 0.1) is 6.92 Å². The summed E-state index contributed by atoms with van der Waals surface area (Å²) in [6.45, 7) is 1.78. The van der Waals surface area contributed by atoms with Crippen molar-refractivity contribution >= 4 is 20.4 Å². The maximum atomic E-state index is 13.3. The molecule has 0 aliphatic carbocycles. The zero-order chi connectivity index (χ0) is 20.4. The first kappa shape index (κ1) is 20.4. The first-order valence-corrected chi connectivity index (χ1v) is 11.2. The maximum Gasteiger partial charge on any atom is 0.524 e. The monoisotopic (exact) mass is 426 g/mol. The van der Waals surface area contributed by atoms with Crippen molar-refractivity contribution < 1.29 is 25.2 Å². The van der Waals surface area contributed by atoms with Crippen molar-refractivity contribution in [2.24, 2.45) is 0 Å². The van der Waals surface area contributed by atoms with Gasteiger partial charge < -0.3 is 0 Å². The number of hydrogen-bond donors (Lipinski definition) is 0. The van der Waals surface area contributed by atoms with E-state index in [-0.39, 0.29) is 0 Å². The molecule has 3 aromatic carbocycles. The number of halogens is 3. The molecule has 0 aromatic heterocycles. The second-order valence-corrected chi connectivity index (χ2v) is 10.4. The molecule has 0 bridgehead atoms. The lowest BCUT2D eigenvalue weighted by Crippen LogP contribution is -2.27. The molecule has 0 aliphatic rings. The normalized spacial score (nSPS) is 13.3. The van der Waals surface area contributed by atoms with Crippen molar-refractivity contribution in [3.8, 4) is 0 Å². The van der Waals surface area contributed by atoms with Gasteiger partial charge in [-0.2, -0.15) is 25.2 Å². The van der Waals surface area contributed by atoms with Crippen molar-refractivity contribution in [1.29, 1.82) is 0 Å². The fourth-order valence-corrected chi connectivity index (χ4v) is 7.56. The van der Waals surface area contributed by atoms with Gasteiger partial charge >= 0.3 is 15.6 Å². The van der Waals surface area contributed by atoms with Crippen molar-refractivity contribution in [1.82, 2.24) is 0 Å². The summed E-state index contributed by atoms with van der Waals surface area (Å²) >= 11 is 0. The predicted octanol–water partition coefficient (Wildman–Crippen LogP) is 6.06. The molecule has 0 N–H and O–H groups in total. The van der Waals surface area contributed by atoms with E-state index in [1.165, 1.54) is 0 Å². The minimum absolute atomic E-state index is 0.347. The number of aryl methyl sites for hydroxylation is 1. The van der Waals surface area contributed by atoms with Gasteiger partial charge in [-0.15, -0.1) is 0 Å². The number of rotatable bonds is 5. The summed E-state index contributed by atoms with van der Waals surface area (Å²) in [6.07, 6.45) is 0. The lowest BCUT2D eigenvalue weighted by atomic mass is 10.2. The van der Waals surface area contributed by atoms with Crippen molar-refractivity contribution in [3.05, 3.63) is 90.5 Å². The average molecular weight is 426 g/mol. The Bertz CT molecular complexity index is 1010. The van der Waals surface area contributed by atoms with E-state index in [9.17, 15) is 21.6 Å². The first-order chi connectivity index (χ1) is 13.2. The zero-order valence-corrected chi connectivity index (χ0v) is 16.4. The number of benzene rings is 3. The molecule has 0 radical (unpaired) electrons. The van der Waals surface area contributed by atoms with E-state index in [2.05, 4.69) is 0 Å². The highest BCUT2D eigenvalue weighted by Crippen LogP contribution is 2.70. The molecule has 0 saturated heterocycles. The summed E-state index contributed by atoms with van der Waals surface area (Å²) in [5.41, 5.74) is -4.77. The van der Waals surface area contributed by atoms with Crippen LogP contribution in [-0.4, -0.2) is 13.9 Å². The van der Waals surface area contributed by atoms with Gasteiger partial charge in [0, 0.05) is 14.7 Å². The highest BCUT2D eigenvalue weighted by molar-refractivity contribution is 8.33. The Morgan fingerprint density at radius 2 is 1.18 bits per heavy atom. The van der Waals surface area contributed by atoms with Crippen LogP contribution in [0.4, 0.5) is 13.2 Å². The highest BCUT2D eigenvalue weighted by atomic mass is 32.3. The van der Waals surface area contributed by atoms with E-state index < -0.39 is 25.9 Å². The van der Waals surface area contributed by atoms with Gasteiger partial charge in [-0.3, -0.25) is 0 Å². The number of hydrogen-bond acceptors (Lipinski definition) is 3. The second kappa shape index (κ2) is 7.62. The summed E-state index contributed by atoms with van der Waals surface area (Å²) in [4.78, 5) is 1.05. The lowest BCUT2D eigenvalue weighted by Gasteiger charge is -2.39. The van der Waals surface area contributed by atoms with E-state index in [0.29, 0.717) is 14.7 Å². The summed E-state index contributed by atoms with van der Waals surface area (Å²) in [5, 5.41) is 0. The average Bonchev–Trinajstić information content (AvgIpc) is 2.66. The van der Waals surface area contributed by atoms with Crippen LogP contribution in [0.5, 0.6) is 0 Å². The van der Waals surface area contributed by atoms with Crippen LogP contribution in [0.1, 0.15) is 5.56 Å². The molecule has 3 nitrogen and oxygen atoms in total. The minimum atomic E-state index is -5.88. The molecule has 8 heteroatoms. The lowest BCUT2D eigenvalue weighted by molar-refractivity contribution is -0.0496. The van der Waals surface area contributed by atoms with Gasteiger partial charge in [-0.25, -0.2) is 0 Å². The standard InChI is InChI=1S/C20H17F3O3S2/c1-16-9-8-14-19(15-16)27(17-10-4-2-5-11-17,18-12-6-3-7-13-18)26-28(24,25)20(21,22)23/h2-15H,1H3. The molecule has 0 aliphatic heterocycles. The third-order valence-electron chi connectivity index (χ3n) is 3.95. The first-order valence-electron chi connectivity index (χ1n) is 8.19. The van der Waals surface area contributed by atoms with Crippen LogP contribution in [0.15, 0.2) is 99.6 Å². The number of alkyl halides is 3. The van der Waals surface area contributed by atoms with Crippen LogP contribution in [0.2, 0.25) is 0 Å². The van der Waals surface area contributed by atoms with Gasteiger partial charge in [-0.1, -0.05) is 48.5 Å². The molecule has 0 heterocycles. The van der Waals surface area contributed by atoms with Gasteiger partial charge in [0.15, 0.2) is 0 Å². The molecule has 3 aromatic rings. The smallest absolute Gasteiger partial charge is 0.200 e. The highest BCUT2D eigenvalue weighted by Gasteiger charge is 2.52. The van der Waals surface area contributed by atoms with Crippen LogP contribution < -0.4 is 0 Å². The van der Waals surface area contributed by atoms with E-state index in [0.717, 1.165) is 5.56 Å². The SMILES string of the molecule is Cc1cccc(S(OS(=O)(=O)C(F)(F)F)(c2ccccc2)c2ccccc2)c1. The molecular formula is C20H17F3O3S2. The molecule has 3 rings (SSSR count). The van der Waals surface area contributed by atoms with Crippen LogP contribution in [-0.2, 0) is 13.7 Å². The van der Waals surface area contributed by atoms with Crippen molar-refractivity contribution in [2.75, 3.05) is 0 Å². The molecule has 148 valence electrons. The Kier molecular flexibility index (Phi) is 5.56. The minimum Gasteiger partial charge on any atom is -0.200 e. The van der Waals surface area contributed by atoms with Gasteiger partial charge in [0.05, 0.1) is 0 Å². The zero-order valence-electron chi connectivity index (χ0n) is 14.8. The summed E-state index contributed by atoms with van der Waals surface area (Å²) < 4.78 is 69.3. The van der Waals surface area contributed by atoms with Gasteiger partial charge in [0.1, 0.15) is 0 Å². The molecular weight excluding hydrogens is 409 g/mol. The molecule has 0 amide bonds. The van der Waals surface area contributed by atoms with Gasteiger partial charge in [0.2, 0.25) is 0 Å². The Balaban J connectivity index is 2.40. The molecule has 0 spiro atoms. The third kappa shape index (κ3) is 3.80. The van der Waals surface area contributed by atoms with Crippen LogP contribution in [0.3, 0.4) is 0 Å². The fraction of sp³-hybridized carbons (Fsp3) is 0.100. The quantitative estimate of drug-likeness (QED) is 0.466. The van der Waals surface area contributed by atoms with Crippen LogP contribution in [0.25, 0.3) is 0 Å². The van der Waals surface area contributed by atoms with E-state index in [1.54, 1.807) is 91.9 Å². The maximum absolute atomic E-state index is 13.3. The predicted molar refractivity (Wildman–Crippen MR) is 103 cm³/mol. The van der Waals surface area contributed by atoms with E-state index in [1.807, 2.05) is 0 Å². The largest absolute Gasteiger partial charge is 0.524 e.